The number of halogens is 1. The van der Waals surface area contributed by atoms with E-state index in [-0.39, 0.29) is 0 Å². The molecule has 1 saturated carbocycles. The molecular formula is C13H15ClN4. The van der Waals surface area contributed by atoms with Gasteiger partial charge in [0.2, 0.25) is 0 Å². The highest BCUT2D eigenvalue weighted by Gasteiger charge is 2.28. The van der Waals surface area contributed by atoms with Gasteiger partial charge in [-0.25, -0.2) is 0 Å². The summed E-state index contributed by atoms with van der Waals surface area (Å²) in [6.07, 6.45) is 3.16. The predicted molar refractivity (Wildman–Crippen MR) is 70.4 cm³/mol. The fourth-order valence-electron chi connectivity index (χ4n) is 2.20. The van der Waals surface area contributed by atoms with Gasteiger partial charge < -0.3 is 10.3 Å². The summed E-state index contributed by atoms with van der Waals surface area (Å²) in [6, 6.07) is 8.41. The summed E-state index contributed by atoms with van der Waals surface area (Å²) in [7, 11) is 0. The average Bonchev–Trinajstić information content (AvgIpc) is 3.11. The first-order valence-corrected chi connectivity index (χ1v) is 6.53. The van der Waals surface area contributed by atoms with Gasteiger partial charge in [0.05, 0.1) is 6.54 Å². The van der Waals surface area contributed by atoms with E-state index in [0.717, 1.165) is 28.7 Å². The van der Waals surface area contributed by atoms with Crippen molar-refractivity contribution < 1.29 is 0 Å². The summed E-state index contributed by atoms with van der Waals surface area (Å²) in [4.78, 5) is 0. The highest BCUT2D eigenvalue weighted by atomic mass is 35.5. The van der Waals surface area contributed by atoms with Gasteiger partial charge in [-0.15, -0.1) is 10.2 Å². The maximum atomic E-state index is 6.00. The first kappa shape index (κ1) is 11.7. The minimum absolute atomic E-state index is 0.443. The second-order valence-corrected chi connectivity index (χ2v) is 5.08. The molecule has 1 aliphatic rings. The Bertz CT molecular complexity index is 560. The van der Waals surface area contributed by atoms with Crippen molar-refractivity contribution >= 4 is 11.6 Å². The van der Waals surface area contributed by atoms with Crippen molar-refractivity contribution in [2.24, 2.45) is 5.73 Å². The van der Waals surface area contributed by atoms with Crippen LogP contribution in [0.1, 0.15) is 36.1 Å². The normalized spacial score (nSPS) is 15.0. The van der Waals surface area contributed by atoms with Crippen molar-refractivity contribution in [2.75, 3.05) is 0 Å². The van der Waals surface area contributed by atoms with Crippen molar-refractivity contribution in [2.45, 2.75) is 31.8 Å². The van der Waals surface area contributed by atoms with Gasteiger partial charge in [-0.3, -0.25) is 0 Å². The van der Waals surface area contributed by atoms with Gasteiger partial charge in [0, 0.05) is 17.5 Å². The first-order valence-electron chi connectivity index (χ1n) is 6.15. The molecule has 2 aromatic rings. The van der Waals surface area contributed by atoms with Crippen LogP contribution in [0.15, 0.2) is 24.3 Å². The Hall–Kier alpha value is -1.39. The van der Waals surface area contributed by atoms with Crippen LogP contribution in [0.5, 0.6) is 0 Å². The second-order valence-electron chi connectivity index (χ2n) is 4.64. The molecule has 0 aliphatic heterocycles. The third-order valence-corrected chi connectivity index (χ3v) is 3.42. The topological polar surface area (TPSA) is 56.7 Å². The molecule has 0 bridgehead atoms. The number of rotatable bonds is 4. The van der Waals surface area contributed by atoms with Gasteiger partial charge in [0.15, 0.2) is 0 Å². The molecule has 0 amide bonds. The van der Waals surface area contributed by atoms with E-state index in [4.69, 9.17) is 17.3 Å². The number of hydrogen-bond acceptors (Lipinski definition) is 3. The largest absolute Gasteiger partial charge is 0.324 e. The molecule has 0 radical (unpaired) electrons. The van der Waals surface area contributed by atoms with Crippen LogP contribution in [0, 0.1) is 0 Å². The van der Waals surface area contributed by atoms with Crippen LogP contribution in [0.3, 0.4) is 0 Å². The highest BCUT2D eigenvalue weighted by molar-refractivity contribution is 6.30. The fourth-order valence-corrected chi connectivity index (χ4v) is 2.42. The molecule has 0 unspecified atom stereocenters. The molecule has 1 aromatic carbocycles. The second kappa shape index (κ2) is 4.71. The summed E-state index contributed by atoms with van der Waals surface area (Å²) < 4.78 is 2.20. The summed E-state index contributed by atoms with van der Waals surface area (Å²) in [5, 5.41) is 9.19. The van der Waals surface area contributed by atoms with Crippen molar-refractivity contribution in [3.05, 3.63) is 46.5 Å². The van der Waals surface area contributed by atoms with Gasteiger partial charge in [0.1, 0.15) is 11.6 Å². The van der Waals surface area contributed by atoms with Crippen LogP contribution in [0.25, 0.3) is 0 Å². The van der Waals surface area contributed by atoms with Crippen molar-refractivity contribution in [3.8, 4) is 0 Å². The molecule has 1 heterocycles. The molecule has 18 heavy (non-hydrogen) atoms. The molecular weight excluding hydrogens is 248 g/mol. The molecule has 3 rings (SSSR count). The lowest BCUT2D eigenvalue weighted by atomic mass is 10.1. The van der Waals surface area contributed by atoms with Crippen LogP contribution in [0.2, 0.25) is 5.02 Å². The predicted octanol–water partition coefficient (Wildman–Crippen LogP) is 2.32. The molecule has 0 spiro atoms. The minimum Gasteiger partial charge on any atom is -0.324 e. The summed E-state index contributed by atoms with van der Waals surface area (Å²) in [5.74, 6) is 1.87. The van der Waals surface area contributed by atoms with Crippen LogP contribution < -0.4 is 5.73 Å². The zero-order chi connectivity index (χ0) is 12.5. The quantitative estimate of drug-likeness (QED) is 0.920. The maximum Gasteiger partial charge on any atom is 0.147 e. The van der Waals surface area contributed by atoms with Gasteiger partial charge in [-0.1, -0.05) is 23.7 Å². The van der Waals surface area contributed by atoms with Crippen LogP contribution >= 0.6 is 11.6 Å². The molecule has 1 aliphatic carbocycles. The van der Waals surface area contributed by atoms with Gasteiger partial charge in [-0.2, -0.15) is 0 Å². The van der Waals surface area contributed by atoms with Crippen molar-refractivity contribution in [3.63, 3.8) is 0 Å². The average molecular weight is 263 g/mol. The third-order valence-electron chi connectivity index (χ3n) is 3.18. The van der Waals surface area contributed by atoms with Crippen LogP contribution in [-0.2, 0) is 13.0 Å². The van der Waals surface area contributed by atoms with E-state index in [9.17, 15) is 0 Å². The summed E-state index contributed by atoms with van der Waals surface area (Å²) in [6.45, 7) is 0.443. The minimum atomic E-state index is 0.443. The van der Waals surface area contributed by atoms with Gasteiger partial charge >= 0.3 is 0 Å². The Balaban J connectivity index is 1.90. The van der Waals surface area contributed by atoms with E-state index in [2.05, 4.69) is 20.8 Å². The lowest BCUT2D eigenvalue weighted by Gasteiger charge is -2.08. The highest BCUT2D eigenvalue weighted by Crippen LogP contribution is 2.36. The third kappa shape index (κ3) is 2.26. The van der Waals surface area contributed by atoms with Gasteiger partial charge in [0.25, 0.3) is 0 Å². The first-order chi connectivity index (χ1) is 8.78. The molecule has 1 aromatic heterocycles. The number of nitrogens with zero attached hydrogens (tertiary/aromatic N) is 3. The Morgan fingerprint density at radius 2 is 2.06 bits per heavy atom. The summed E-state index contributed by atoms with van der Waals surface area (Å²) >= 11 is 6.00. The van der Waals surface area contributed by atoms with E-state index in [0.29, 0.717) is 12.6 Å². The number of benzene rings is 1. The van der Waals surface area contributed by atoms with E-state index < -0.39 is 0 Å². The molecule has 5 heteroatoms. The molecule has 4 nitrogen and oxygen atoms in total. The Morgan fingerprint density at radius 3 is 2.72 bits per heavy atom. The zero-order valence-corrected chi connectivity index (χ0v) is 10.8. The SMILES string of the molecule is NCc1nnc(Cc2cccc(Cl)c2)n1C1CC1. The molecule has 2 N–H and O–H groups in total. The Morgan fingerprint density at radius 1 is 1.28 bits per heavy atom. The number of aromatic nitrogens is 3. The summed E-state index contributed by atoms with van der Waals surface area (Å²) in [5.41, 5.74) is 6.86. The van der Waals surface area contributed by atoms with Crippen molar-refractivity contribution in [1.82, 2.24) is 14.8 Å². The lowest BCUT2D eigenvalue weighted by Crippen LogP contribution is -2.10. The van der Waals surface area contributed by atoms with E-state index in [1.807, 2.05) is 18.2 Å². The standard InChI is InChI=1S/C13H15ClN4/c14-10-3-1-2-9(6-10)7-12-16-17-13(8-15)18(12)11-4-5-11/h1-3,6,11H,4-5,7-8,15H2. The van der Waals surface area contributed by atoms with Gasteiger partial charge in [-0.05, 0) is 30.5 Å². The Labute approximate surface area is 111 Å². The monoisotopic (exact) mass is 262 g/mol. The van der Waals surface area contributed by atoms with E-state index in [1.54, 1.807) is 0 Å². The molecule has 0 atom stereocenters. The fraction of sp³-hybridized carbons (Fsp3) is 0.385. The van der Waals surface area contributed by atoms with Crippen molar-refractivity contribution in [1.29, 1.82) is 0 Å². The number of nitrogens with two attached hydrogens (primary N) is 1. The zero-order valence-electron chi connectivity index (χ0n) is 10.0. The number of hydrogen-bond donors (Lipinski definition) is 1. The molecule has 0 saturated heterocycles. The van der Waals surface area contributed by atoms with E-state index >= 15 is 0 Å². The molecule has 1 fully saturated rings. The lowest BCUT2D eigenvalue weighted by molar-refractivity contribution is 0.652. The van der Waals surface area contributed by atoms with E-state index in [1.165, 1.54) is 12.8 Å². The smallest absolute Gasteiger partial charge is 0.147 e. The Kier molecular flexibility index (Phi) is 3.06. The maximum absolute atomic E-state index is 6.00. The van der Waals surface area contributed by atoms with Crippen LogP contribution in [0.4, 0.5) is 0 Å². The van der Waals surface area contributed by atoms with Crippen LogP contribution in [-0.4, -0.2) is 14.8 Å². The molecule has 94 valence electrons.